The first-order valence-electron chi connectivity index (χ1n) is 6.15. The first-order valence-corrected chi connectivity index (χ1v) is 9.83. The normalized spacial score (nSPS) is 12.2. The minimum absolute atomic E-state index is 0.379. The first-order chi connectivity index (χ1) is 7.83. The minimum Gasteiger partial charge on any atom is -0.377 e. The molecule has 0 heterocycles. The van der Waals surface area contributed by atoms with Crippen LogP contribution in [0.4, 0.5) is 0 Å². The fourth-order valence-corrected chi connectivity index (χ4v) is 2.09. The molecule has 0 aliphatic carbocycles. The van der Waals surface area contributed by atoms with Crippen LogP contribution in [-0.2, 0) is 11.3 Å². The molecule has 0 unspecified atom stereocenters. The Kier molecular flexibility index (Phi) is 5.42. The Morgan fingerprint density at radius 1 is 1.29 bits per heavy atom. The maximum Gasteiger partial charge on any atom is 0.0717 e. The second kappa shape index (κ2) is 6.16. The van der Waals surface area contributed by atoms with Gasteiger partial charge in [0.2, 0.25) is 0 Å². The van der Waals surface area contributed by atoms with Gasteiger partial charge in [-0.05, 0) is 29.2 Å². The summed E-state index contributed by atoms with van der Waals surface area (Å²) in [5.41, 5.74) is 2.52. The van der Waals surface area contributed by atoms with Crippen LogP contribution in [0.1, 0.15) is 25.0 Å². The summed E-state index contributed by atoms with van der Waals surface area (Å²) in [6.07, 6.45) is 0. The Morgan fingerprint density at radius 2 is 1.94 bits per heavy atom. The van der Waals surface area contributed by atoms with Gasteiger partial charge < -0.3 is 4.74 Å². The summed E-state index contributed by atoms with van der Waals surface area (Å²) in [6.45, 7) is 13.1. The summed E-state index contributed by atoms with van der Waals surface area (Å²) in [7, 11) is -0.656. The number of aryl methyl sites for hydroxylation is 1. The lowest BCUT2D eigenvalue weighted by Crippen LogP contribution is -2.26. The van der Waals surface area contributed by atoms with E-state index in [9.17, 15) is 0 Å². The Bertz CT molecular complexity index is 374. The average Bonchev–Trinajstić information content (AvgIpc) is 2.23. The van der Waals surface area contributed by atoms with E-state index < -0.39 is 8.80 Å². The van der Waals surface area contributed by atoms with Crippen molar-refractivity contribution < 1.29 is 4.74 Å². The summed E-state index contributed by atoms with van der Waals surface area (Å²) in [6, 6.07) is 6.40. The predicted octanol–water partition coefficient (Wildman–Crippen LogP) is 4.54. The summed E-state index contributed by atoms with van der Waals surface area (Å²) in [5, 5.41) is 0.379. The summed E-state index contributed by atoms with van der Waals surface area (Å²) in [5.74, 6) is 0. The van der Waals surface area contributed by atoms with E-state index in [1.165, 1.54) is 11.1 Å². The van der Waals surface area contributed by atoms with Crippen LogP contribution in [-0.4, -0.2) is 15.4 Å². The molecule has 0 amide bonds. The van der Waals surface area contributed by atoms with E-state index in [4.69, 9.17) is 4.74 Å². The van der Waals surface area contributed by atoms with Crippen LogP contribution in [0.25, 0.3) is 0 Å². The van der Waals surface area contributed by atoms with Crippen molar-refractivity contribution in [3.63, 3.8) is 0 Å². The molecule has 96 valence electrons. The lowest BCUT2D eigenvalue weighted by molar-refractivity contribution is 0.101. The molecule has 0 aliphatic heterocycles. The zero-order valence-corrected chi connectivity index (χ0v) is 14.3. The molecule has 0 N–H and O–H groups in total. The quantitative estimate of drug-likeness (QED) is 0.725. The van der Waals surface area contributed by atoms with E-state index in [1.54, 1.807) is 0 Å². The third-order valence-corrected chi connectivity index (χ3v) is 7.71. The van der Waals surface area contributed by atoms with Crippen LogP contribution in [0.15, 0.2) is 22.7 Å². The highest BCUT2D eigenvalue weighted by atomic mass is 79.9. The Morgan fingerprint density at radius 3 is 2.47 bits per heavy atom. The van der Waals surface area contributed by atoms with E-state index in [-0.39, 0.29) is 0 Å². The summed E-state index contributed by atoms with van der Waals surface area (Å²) >= 11 is 3.51. The maximum absolute atomic E-state index is 5.86. The van der Waals surface area contributed by atoms with E-state index >= 15 is 0 Å². The molecule has 1 aromatic carbocycles. The molecule has 0 fully saturated rings. The van der Waals surface area contributed by atoms with Crippen molar-refractivity contribution in [2.45, 2.75) is 45.5 Å². The molecule has 1 aromatic rings. The molecule has 0 radical (unpaired) electrons. The van der Waals surface area contributed by atoms with Crippen LogP contribution in [0.2, 0.25) is 18.1 Å². The first kappa shape index (κ1) is 14.9. The SMILES string of the molecule is Cc1cc(COCC(C)(C)[SiH](C)C)ccc1Br. The van der Waals surface area contributed by atoms with Crippen molar-refractivity contribution in [1.82, 2.24) is 0 Å². The van der Waals surface area contributed by atoms with Gasteiger partial charge in [0.1, 0.15) is 0 Å². The van der Waals surface area contributed by atoms with Crippen LogP contribution in [0.5, 0.6) is 0 Å². The van der Waals surface area contributed by atoms with Crippen LogP contribution >= 0.6 is 15.9 Å². The van der Waals surface area contributed by atoms with Crippen LogP contribution in [0.3, 0.4) is 0 Å². The van der Waals surface area contributed by atoms with Crippen LogP contribution in [0, 0.1) is 6.92 Å². The van der Waals surface area contributed by atoms with Gasteiger partial charge in [-0.25, -0.2) is 0 Å². The average molecular weight is 315 g/mol. The lowest BCUT2D eigenvalue weighted by Gasteiger charge is -2.27. The van der Waals surface area contributed by atoms with Gasteiger partial charge in [0, 0.05) is 19.9 Å². The topological polar surface area (TPSA) is 9.23 Å². The smallest absolute Gasteiger partial charge is 0.0717 e. The molecule has 0 aliphatic rings. The predicted molar refractivity (Wildman–Crippen MR) is 81.5 cm³/mol. The van der Waals surface area contributed by atoms with Crippen molar-refractivity contribution in [3.8, 4) is 0 Å². The lowest BCUT2D eigenvalue weighted by atomic mass is 10.1. The third-order valence-electron chi connectivity index (χ3n) is 3.53. The third kappa shape index (κ3) is 4.57. The zero-order chi connectivity index (χ0) is 13.1. The van der Waals surface area contributed by atoms with Crippen molar-refractivity contribution in [2.75, 3.05) is 6.61 Å². The van der Waals surface area contributed by atoms with E-state index in [0.717, 1.165) is 17.7 Å². The fourth-order valence-electron chi connectivity index (χ4n) is 1.40. The Balaban J connectivity index is 2.49. The van der Waals surface area contributed by atoms with Crippen molar-refractivity contribution >= 4 is 24.7 Å². The highest BCUT2D eigenvalue weighted by Crippen LogP contribution is 2.28. The standard InChI is InChI=1S/C14H23BrOSi/c1-11-8-12(6-7-13(11)15)9-16-10-14(2,3)17(4)5/h6-8,17H,9-10H2,1-5H3. The van der Waals surface area contributed by atoms with Crippen molar-refractivity contribution in [2.24, 2.45) is 0 Å². The molecule has 0 aromatic heterocycles. The molecular weight excluding hydrogens is 292 g/mol. The highest BCUT2D eigenvalue weighted by Gasteiger charge is 2.23. The molecule has 0 saturated carbocycles. The minimum atomic E-state index is -0.656. The van der Waals surface area contributed by atoms with Gasteiger partial charge in [0.05, 0.1) is 6.61 Å². The molecule has 0 bridgehead atoms. The highest BCUT2D eigenvalue weighted by molar-refractivity contribution is 9.10. The van der Waals surface area contributed by atoms with Gasteiger partial charge in [-0.3, -0.25) is 0 Å². The number of hydrogen-bond acceptors (Lipinski definition) is 1. The molecule has 3 heteroatoms. The van der Waals surface area contributed by atoms with E-state index in [2.05, 4.69) is 68.0 Å². The molecule has 1 rings (SSSR count). The maximum atomic E-state index is 5.86. The van der Waals surface area contributed by atoms with Gasteiger partial charge in [0.15, 0.2) is 0 Å². The van der Waals surface area contributed by atoms with Crippen molar-refractivity contribution in [3.05, 3.63) is 33.8 Å². The monoisotopic (exact) mass is 314 g/mol. The number of halogens is 1. The second-order valence-corrected chi connectivity index (χ2v) is 10.4. The molecule has 0 atom stereocenters. The summed E-state index contributed by atoms with van der Waals surface area (Å²) < 4.78 is 7.02. The van der Waals surface area contributed by atoms with Gasteiger partial charge in [-0.1, -0.05) is 55.0 Å². The molecule has 1 nitrogen and oxygen atoms in total. The van der Waals surface area contributed by atoms with Crippen LogP contribution < -0.4 is 0 Å². The zero-order valence-electron chi connectivity index (χ0n) is 11.5. The fraction of sp³-hybridized carbons (Fsp3) is 0.571. The molecule has 0 spiro atoms. The van der Waals surface area contributed by atoms with Gasteiger partial charge >= 0.3 is 0 Å². The van der Waals surface area contributed by atoms with E-state index in [0.29, 0.717) is 5.04 Å². The number of ether oxygens (including phenoxy) is 1. The second-order valence-electron chi connectivity index (χ2n) is 5.72. The molecule has 17 heavy (non-hydrogen) atoms. The Labute approximate surface area is 115 Å². The van der Waals surface area contributed by atoms with Gasteiger partial charge in [0.25, 0.3) is 0 Å². The molecule has 0 saturated heterocycles. The summed E-state index contributed by atoms with van der Waals surface area (Å²) in [4.78, 5) is 0. The number of benzene rings is 1. The largest absolute Gasteiger partial charge is 0.377 e. The van der Waals surface area contributed by atoms with E-state index in [1.807, 2.05) is 0 Å². The van der Waals surface area contributed by atoms with Gasteiger partial charge in [-0.2, -0.15) is 0 Å². The molecular formula is C14H23BrOSi. The number of rotatable bonds is 5. The Hall–Kier alpha value is -0.123. The van der Waals surface area contributed by atoms with Crippen molar-refractivity contribution in [1.29, 1.82) is 0 Å². The number of hydrogen-bond donors (Lipinski definition) is 0. The van der Waals surface area contributed by atoms with Gasteiger partial charge in [-0.15, -0.1) is 0 Å².